The summed E-state index contributed by atoms with van der Waals surface area (Å²) in [6.45, 7) is 1.98. The quantitative estimate of drug-likeness (QED) is 0.353. The van der Waals surface area contributed by atoms with Crippen LogP contribution in [0.4, 0.5) is 17.2 Å². The van der Waals surface area contributed by atoms with Crippen LogP contribution in [0.15, 0.2) is 66.0 Å². The highest BCUT2D eigenvalue weighted by molar-refractivity contribution is 7.99. The van der Waals surface area contributed by atoms with Gasteiger partial charge in [-0.25, -0.2) is 9.97 Å². The molecule has 7 nitrogen and oxygen atoms in total. The number of hydrogen-bond acceptors (Lipinski definition) is 6. The molecule has 0 saturated carbocycles. The van der Waals surface area contributed by atoms with Crippen LogP contribution in [0.3, 0.4) is 0 Å². The summed E-state index contributed by atoms with van der Waals surface area (Å²) in [6, 6.07) is 16.3. The smallest absolute Gasteiger partial charge is 0.234 e. The van der Waals surface area contributed by atoms with Gasteiger partial charge in [0.2, 0.25) is 11.8 Å². The highest BCUT2D eigenvalue weighted by Crippen LogP contribution is 2.20. The zero-order valence-electron chi connectivity index (χ0n) is 16.2. The Kier molecular flexibility index (Phi) is 7.64. The number of anilines is 3. The van der Waals surface area contributed by atoms with Crippen molar-refractivity contribution in [2.24, 2.45) is 0 Å². The Morgan fingerprint density at radius 2 is 1.70 bits per heavy atom. The number of rotatable bonds is 8. The van der Waals surface area contributed by atoms with Crippen molar-refractivity contribution < 1.29 is 9.59 Å². The molecule has 0 saturated heterocycles. The van der Waals surface area contributed by atoms with Crippen molar-refractivity contribution in [2.45, 2.75) is 18.5 Å². The van der Waals surface area contributed by atoms with Crippen LogP contribution in [0.1, 0.15) is 12.5 Å². The van der Waals surface area contributed by atoms with Crippen LogP contribution < -0.4 is 16.0 Å². The molecule has 3 rings (SSSR count). The molecule has 0 atom stereocenters. The van der Waals surface area contributed by atoms with Crippen LogP contribution in [0, 0.1) is 0 Å². The van der Waals surface area contributed by atoms with E-state index in [1.54, 1.807) is 30.3 Å². The van der Waals surface area contributed by atoms with Crippen molar-refractivity contribution in [3.8, 4) is 0 Å². The van der Waals surface area contributed by atoms with Gasteiger partial charge in [0.25, 0.3) is 0 Å². The van der Waals surface area contributed by atoms with Crippen molar-refractivity contribution in [3.63, 3.8) is 0 Å². The van der Waals surface area contributed by atoms with Crippen LogP contribution in [0.2, 0.25) is 5.02 Å². The largest absolute Gasteiger partial charge is 0.366 e. The zero-order valence-corrected chi connectivity index (χ0v) is 17.8. The maximum atomic E-state index is 12.2. The number of aromatic nitrogens is 2. The first-order chi connectivity index (χ1) is 14.5. The van der Waals surface area contributed by atoms with Gasteiger partial charge in [0.05, 0.1) is 5.75 Å². The van der Waals surface area contributed by atoms with Gasteiger partial charge in [-0.3, -0.25) is 9.59 Å². The van der Waals surface area contributed by atoms with E-state index in [1.807, 2.05) is 24.3 Å². The molecule has 30 heavy (non-hydrogen) atoms. The molecular weight excluding hydrogens is 422 g/mol. The molecule has 3 N–H and O–H groups in total. The monoisotopic (exact) mass is 441 g/mol. The van der Waals surface area contributed by atoms with Crippen molar-refractivity contribution >= 4 is 52.4 Å². The minimum atomic E-state index is -0.156. The summed E-state index contributed by atoms with van der Waals surface area (Å²) in [5.41, 5.74) is 2.29. The van der Waals surface area contributed by atoms with Crippen molar-refractivity contribution in [3.05, 3.63) is 71.5 Å². The predicted molar refractivity (Wildman–Crippen MR) is 121 cm³/mol. The van der Waals surface area contributed by atoms with E-state index in [0.717, 1.165) is 5.56 Å². The van der Waals surface area contributed by atoms with Crippen LogP contribution in [0.25, 0.3) is 0 Å². The Hall–Kier alpha value is -3.10. The van der Waals surface area contributed by atoms with Gasteiger partial charge < -0.3 is 16.0 Å². The molecule has 0 fully saturated rings. The van der Waals surface area contributed by atoms with Gasteiger partial charge in [0.15, 0.2) is 0 Å². The SMILES string of the molecule is CC(=O)Nc1ccc(NC(=O)CSc2cc(NCc3ccccc3Cl)ncn2)cc1. The molecule has 1 heterocycles. The zero-order chi connectivity index (χ0) is 21.3. The molecule has 0 bridgehead atoms. The number of nitrogens with one attached hydrogen (secondary N) is 3. The van der Waals surface area contributed by atoms with Gasteiger partial charge in [-0.2, -0.15) is 0 Å². The molecule has 0 aliphatic heterocycles. The predicted octanol–water partition coefficient (Wildman–Crippen LogP) is 4.43. The lowest BCUT2D eigenvalue weighted by molar-refractivity contribution is -0.114. The van der Waals surface area contributed by atoms with E-state index in [2.05, 4.69) is 25.9 Å². The van der Waals surface area contributed by atoms with Gasteiger partial charge in [-0.1, -0.05) is 41.6 Å². The molecule has 0 radical (unpaired) electrons. The first-order valence-electron chi connectivity index (χ1n) is 9.09. The number of benzene rings is 2. The minimum Gasteiger partial charge on any atom is -0.366 e. The van der Waals surface area contributed by atoms with Gasteiger partial charge in [-0.05, 0) is 35.9 Å². The number of amides is 2. The Bertz CT molecular complexity index is 1030. The minimum absolute atomic E-state index is 0.145. The van der Waals surface area contributed by atoms with Gasteiger partial charge >= 0.3 is 0 Å². The second-order valence-electron chi connectivity index (χ2n) is 6.28. The highest BCUT2D eigenvalue weighted by atomic mass is 35.5. The topological polar surface area (TPSA) is 96.0 Å². The summed E-state index contributed by atoms with van der Waals surface area (Å²) in [7, 11) is 0. The average molecular weight is 442 g/mol. The summed E-state index contributed by atoms with van der Waals surface area (Å²) >= 11 is 7.48. The number of thioether (sulfide) groups is 1. The number of hydrogen-bond donors (Lipinski definition) is 3. The van der Waals surface area contributed by atoms with E-state index in [1.165, 1.54) is 25.0 Å². The number of carbonyl (C=O) groups is 2. The standard InChI is InChI=1S/C21H20ClN5O2S/c1-14(28)26-16-6-8-17(9-7-16)27-20(29)12-30-21-10-19(24-13-25-21)23-11-15-4-2-3-5-18(15)22/h2-10,13H,11-12H2,1H3,(H,26,28)(H,27,29)(H,23,24,25). The van der Waals surface area contributed by atoms with E-state index in [-0.39, 0.29) is 17.6 Å². The molecule has 0 unspecified atom stereocenters. The van der Waals surface area contributed by atoms with Crippen LogP contribution in [-0.4, -0.2) is 27.5 Å². The van der Waals surface area contributed by atoms with E-state index in [0.29, 0.717) is 33.8 Å². The fourth-order valence-electron chi connectivity index (χ4n) is 2.52. The van der Waals surface area contributed by atoms with Crippen molar-refractivity contribution in [1.82, 2.24) is 9.97 Å². The normalized spacial score (nSPS) is 10.3. The van der Waals surface area contributed by atoms with Crippen LogP contribution >= 0.6 is 23.4 Å². The molecule has 0 aliphatic rings. The highest BCUT2D eigenvalue weighted by Gasteiger charge is 2.07. The Morgan fingerprint density at radius 3 is 2.40 bits per heavy atom. The molecule has 2 aromatic carbocycles. The van der Waals surface area contributed by atoms with E-state index >= 15 is 0 Å². The van der Waals surface area contributed by atoms with Gasteiger partial charge in [-0.15, -0.1) is 0 Å². The number of carbonyl (C=O) groups excluding carboxylic acids is 2. The van der Waals surface area contributed by atoms with E-state index in [9.17, 15) is 9.59 Å². The Morgan fingerprint density at radius 1 is 1.00 bits per heavy atom. The summed E-state index contributed by atoms with van der Waals surface area (Å²) in [6.07, 6.45) is 1.45. The molecule has 0 spiro atoms. The second kappa shape index (κ2) is 10.6. The molecule has 154 valence electrons. The number of halogens is 1. The third kappa shape index (κ3) is 6.75. The first kappa shape index (κ1) is 21.6. The Balaban J connectivity index is 1.49. The van der Waals surface area contributed by atoms with E-state index < -0.39 is 0 Å². The third-order valence-corrected chi connectivity index (χ3v) is 5.19. The maximum Gasteiger partial charge on any atom is 0.234 e. The maximum absolute atomic E-state index is 12.2. The summed E-state index contributed by atoms with van der Waals surface area (Å²) in [5.74, 6) is 0.556. The van der Waals surface area contributed by atoms with E-state index in [4.69, 9.17) is 11.6 Å². The average Bonchev–Trinajstić information content (AvgIpc) is 2.73. The fraction of sp³-hybridized carbons (Fsp3) is 0.143. The first-order valence-corrected chi connectivity index (χ1v) is 10.5. The van der Waals surface area contributed by atoms with Gasteiger partial charge in [0.1, 0.15) is 17.2 Å². The fourth-order valence-corrected chi connectivity index (χ4v) is 3.39. The molecule has 3 aromatic rings. The molecular formula is C21H20ClN5O2S. The molecule has 1 aromatic heterocycles. The number of nitrogens with zero attached hydrogens (tertiary/aromatic N) is 2. The summed E-state index contributed by atoms with van der Waals surface area (Å²) < 4.78 is 0. The van der Waals surface area contributed by atoms with Crippen LogP contribution in [-0.2, 0) is 16.1 Å². The Labute approximate surface area is 183 Å². The third-order valence-electron chi connectivity index (χ3n) is 3.90. The second-order valence-corrected chi connectivity index (χ2v) is 7.68. The van der Waals surface area contributed by atoms with Crippen molar-refractivity contribution in [2.75, 3.05) is 21.7 Å². The lowest BCUT2D eigenvalue weighted by Crippen LogP contribution is -2.14. The lowest BCUT2D eigenvalue weighted by atomic mass is 10.2. The summed E-state index contributed by atoms with van der Waals surface area (Å²) in [5, 5.41) is 10.1. The lowest BCUT2D eigenvalue weighted by Gasteiger charge is -2.09. The van der Waals surface area contributed by atoms with Crippen molar-refractivity contribution in [1.29, 1.82) is 0 Å². The molecule has 2 amide bonds. The molecule has 9 heteroatoms. The van der Waals surface area contributed by atoms with Gasteiger partial charge in [0, 0.05) is 35.9 Å². The molecule has 0 aliphatic carbocycles. The summed E-state index contributed by atoms with van der Waals surface area (Å²) in [4.78, 5) is 31.6. The van der Waals surface area contributed by atoms with Crippen LogP contribution in [0.5, 0.6) is 0 Å².